The van der Waals surface area contributed by atoms with Crippen LogP contribution in [-0.4, -0.2) is 32.6 Å². The van der Waals surface area contributed by atoms with Crippen molar-refractivity contribution in [3.8, 4) is 11.5 Å². The number of nitrogens with one attached hydrogen (secondary N) is 1. The summed E-state index contributed by atoms with van der Waals surface area (Å²) in [6.07, 6.45) is 0.631. The summed E-state index contributed by atoms with van der Waals surface area (Å²) in [4.78, 5) is 11.9. The Balaban J connectivity index is 3.14. The number of quaternary nitrogens is 1. The largest absolute Gasteiger partial charge is 0.504 e. The molecule has 0 unspecified atom stereocenters. The lowest BCUT2D eigenvalue weighted by molar-refractivity contribution is -0.872. The first-order valence-electron chi connectivity index (χ1n) is 4.72. The molecule has 0 aliphatic carbocycles. The lowest BCUT2D eigenvalue weighted by atomic mass is 10.1. The third kappa shape index (κ3) is 2.70. The van der Waals surface area contributed by atoms with E-state index in [0.29, 0.717) is 12.0 Å². The summed E-state index contributed by atoms with van der Waals surface area (Å²) in [7, 11) is 5.50. The highest BCUT2D eigenvalue weighted by molar-refractivity contribution is 5.81. The third-order valence-electron chi connectivity index (χ3n) is 2.07. The van der Waals surface area contributed by atoms with E-state index in [9.17, 15) is 9.90 Å². The zero-order valence-electron chi connectivity index (χ0n) is 9.20. The van der Waals surface area contributed by atoms with Crippen molar-refractivity contribution in [2.45, 2.75) is 6.54 Å². The fraction of sp³-hybridized carbons (Fsp3) is 0.364. The quantitative estimate of drug-likeness (QED) is 0.680. The molecule has 82 valence electrons. The van der Waals surface area contributed by atoms with E-state index in [4.69, 9.17) is 4.74 Å². The molecule has 0 aliphatic heterocycles. The number of benzene rings is 1. The van der Waals surface area contributed by atoms with Gasteiger partial charge in [0.2, 0.25) is 0 Å². The second-order valence-electron chi connectivity index (χ2n) is 3.74. The highest BCUT2D eigenvalue weighted by Crippen LogP contribution is 2.30. The number of carbonyl (C=O) groups excluding carboxylic acids is 1. The first kappa shape index (κ1) is 11.5. The maximum absolute atomic E-state index is 10.7. The number of ether oxygens (including phenoxy) is 1. The molecule has 4 heteroatoms. The van der Waals surface area contributed by atoms with E-state index >= 15 is 0 Å². The van der Waals surface area contributed by atoms with E-state index in [1.807, 2.05) is 14.1 Å². The van der Waals surface area contributed by atoms with Crippen molar-refractivity contribution in [2.75, 3.05) is 21.2 Å². The maximum atomic E-state index is 10.7. The topological polar surface area (TPSA) is 51.0 Å². The molecule has 1 aromatic carbocycles. The standard InChI is InChI=1S/C11H15NO3/c1-12(2)6-8-4-9(7-13)11(14)10(5-8)15-3/h4-5,7,14H,6H2,1-3H3/p+1. The number of phenols is 1. The summed E-state index contributed by atoms with van der Waals surface area (Å²) in [6, 6.07) is 3.42. The number of carbonyl (C=O) groups is 1. The predicted octanol–water partition coefficient (Wildman–Crippen LogP) is -0.142. The molecule has 15 heavy (non-hydrogen) atoms. The van der Waals surface area contributed by atoms with Gasteiger partial charge in [-0.1, -0.05) is 0 Å². The Morgan fingerprint density at radius 1 is 1.47 bits per heavy atom. The van der Waals surface area contributed by atoms with Crippen LogP contribution in [0.4, 0.5) is 0 Å². The van der Waals surface area contributed by atoms with Gasteiger partial charge in [-0.2, -0.15) is 0 Å². The highest BCUT2D eigenvalue weighted by atomic mass is 16.5. The van der Waals surface area contributed by atoms with Gasteiger partial charge in [0.15, 0.2) is 17.8 Å². The van der Waals surface area contributed by atoms with Crippen molar-refractivity contribution in [3.05, 3.63) is 23.3 Å². The van der Waals surface area contributed by atoms with Crippen molar-refractivity contribution in [3.63, 3.8) is 0 Å². The normalized spacial score (nSPS) is 10.4. The molecule has 0 atom stereocenters. The van der Waals surface area contributed by atoms with Crippen LogP contribution in [0, 0.1) is 0 Å². The second kappa shape index (κ2) is 4.79. The molecular weight excluding hydrogens is 194 g/mol. The van der Waals surface area contributed by atoms with Crippen molar-refractivity contribution in [2.24, 2.45) is 0 Å². The Bertz CT molecular complexity index is 361. The van der Waals surface area contributed by atoms with Gasteiger partial charge in [0.05, 0.1) is 26.8 Å². The minimum atomic E-state index is -0.0926. The fourth-order valence-corrected chi connectivity index (χ4v) is 1.44. The average Bonchev–Trinajstić information content (AvgIpc) is 2.19. The van der Waals surface area contributed by atoms with Gasteiger partial charge in [-0.05, 0) is 12.1 Å². The van der Waals surface area contributed by atoms with Crippen molar-refractivity contribution in [1.82, 2.24) is 0 Å². The Morgan fingerprint density at radius 3 is 2.60 bits per heavy atom. The molecule has 4 nitrogen and oxygen atoms in total. The number of aldehydes is 1. The van der Waals surface area contributed by atoms with Crippen molar-refractivity contribution in [1.29, 1.82) is 0 Å². The Hall–Kier alpha value is -1.55. The molecule has 0 spiro atoms. The van der Waals surface area contributed by atoms with Crippen molar-refractivity contribution < 1.29 is 19.5 Å². The van der Waals surface area contributed by atoms with Crippen LogP contribution in [-0.2, 0) is 6.54 Å². The summed E-state index contributed by atoms with van der Waals surface area (Å²) < 4.78 is 4.99. The van der Waals surface area contributed by atoms with E-state index < -0.39 is 0 Å². The van der Waals surface area contributed by atoms with Crippen LogP contribution in [0.25, 0.3) is 0 Å². The predicted molar refractivity (Wildman–Crippen MR) is 56.6 cm³/mol. The number of methoxy groups -OCH3 is 1. The molecular formula is C11H16NO3+. The van der Waals surface area contributed by atoms with Gasteiger partial charge < -0.3 is 14.7 Å². The molecule has 0 aliphatic rings. The second-order valence-corrected chi connectivity index (χ2v) is 3.74. The summed E-state index contributed by atoms with van der Waals surface area (Å²) in [5, 5.41) is 9.58. The number of hydrogen-bond donors (Lipinski definition) is 2. The molecule has 0 saturated heterocycles. The molecule has 1 aromatic rings. The summed E-state index contributed by atoms with van der Waals surface area (Å²) in [5.41, 5.74) is 1.23. The molecule has 0 saturated carbocycles. The van der Waals surface area contributed by atoms with Crippen LogP contribution in [0.3, 0.4) is 0 Å². The third-order valence-corrected chi connectivity index (χ3v) is 2.07. The molecule has 0 heterocycles. The molecule has 0 amide bonds. The Morgan fingerprint density at radius 2 is 2.13 bits per heavy atom. The van der Waals surface area contributed by atoms with E-state index in [2.05, 4.69) is 0 Å². The molecule has 1 rings (SSSR count). The van der Waals surface area contributed by atoms with Gasteiger partial charge in [-0.3, -0.25) is 4.79 Å². The van der Waals surface area contributed by atoms with Crippen LogP contribution in [0.5, 0.6) is 11.5 Å². The molecule has 0 fully saturated rings. The minimum Gasteiger partial charge on any atom is -0.504 e. The van der Waals surface area contributed by atoms with E-state index in [1.165, 1.54) is 12.0 Å². The number of rotatable bonds is 4. The zero-order valence-corrected chi connectivity index (χ0v) is 9.20. The SMILES string of the molecule is COc1cc(C[NH+](C)C)cc(C=O)c1O. The first-order valence-corrected chi connectivity index (χ1v) is 4.72. The van der Waals surface area contributed by atoms with Crippen LogP contribution in [0.15, 0.2) is 12.1 Å². The molecule has 0 radical (unpaired) electrons. The van der Waals surface area contributed by atoms with Gasteiger partial charge in [0, 0.05) is 5.56 Å². The number of aromatic hydroxyl groups is 1. The maximum Gasteiger partial charge on any atom is 0.168 e. The van der Waals surface area contributed by atoms with Crippen LogP contribution in [0.1, 0.15) is 15.9 Å². The van der Waals surface area contributed by atoms with E-state index in [0.717, 1.165) is 12.1 Å². The summed E-state index contributed by atoms with van der Waals surface area (Å²) in [6.45, 7) is 0.775. The highest BCUT2D eigenvalue weighted by Gasteiger charge is 2.11. The van der Waals surface area contributed by atoms with Gasteiger partial charge in [0.25, 0.3) is 0 Å². The average molecular weight is 210 g/mol. The van der Waals surface area contributed by atoms with Gasteiger partial charge in [0.1, 0.15) is 6.54 Å². The number of hydrogen-bond acceptors (Lipinski definition) is 3. The monoisotopic (exact) mass is 210 g/mol. The lowest BCUT2D eigenvalue weighted by Gasteiger charge is -2.11. The smallest absolute Gasteiger partial charge is 0.168 e. The minimum absolute atomic E-state index is 0.0926. The molecule has 0 aromatic heterocycles. The lowest BCUT2D eigenvalue weighted by Crippen LogP contribution is -3.04. The summed E-state index contributed by atoms with van der Waals surface area (Å²) in [5.74, 6) is 0.251. The van der Waals surface area contributed by atoms with Crippen molar-refractivity contribution >= 4 is 6.29 Å². The van der Waals surface area contributed by atoms with Crippen LogP contribution in [0.2, 0.25) is 0 Å². The molecule has 2 N–H and O–H groups in total. The number of phenolic OH excluding ortho intramolecular Hbond substituents is 1. The van der Waals surface area contributed by atoms with E-state index in [1.54, 1.807) is 12.1 Å². The fourth-order valence-electron chi connectivity index (χ4n) is 1.44. The Kier molecular flexibility index (Phi) is 3.68. The van der Waals surface area contributed by atoms with Crippen LogP contribution < -0.4 is 9.64 Å². The van der Waals surface area contributed by atoms with Gasteiger partial charge in [-0.25, -0.2) is 0 Å². The van der Waals surface area contributed by atoms with Crippen LogP contribution >= 0.6 is 0 Å². The Labute approximate surface area is 89.1 Å². The summed E-state index contributed by atoms with van der Waals surface area (Å²) >= 11 is 0. The van der Waals surface area contributed by atoms with Gasteiger partial charge in [-0.15, -0.1) is 0 Å². The van der Waals surface area contributed by atoms with E-state index in [-0.39, 0.29) is 11.3 Å². The van der Waals surface area contributed by atoms with Gasteiger partial charge >= 0.3 is 0 Å². The zero-order chi connectivity index (χ0) is 11.4. The first-order chi connectivity index (χ1) is 7.08. The molecule has 0 bridgehead atoms.